The molecule has 0 spiro atoms. The van der Waals surface area contributed by atoms with Gasteiger partial charge in [-0.1, -0.05) is 0 Å². The number of aromatic nitrogens is 2. The van der Waals surface area contributed by atoms with Crippen molar-refractivity contribution in [3.63, 3.8) is 0 Å². The lowest BCUT2D eigenvalue weighted by molar-refractivity contribution is -0.137. The van der Waals surface area contributed by atoms with Crippen molar-refractivity contribution in [2.45, 2.75) is 25.8 Å². The van der Waals surface area contributed by atoms with Crippen LogP contribution in [-0.4, -0.2) is 39.3 Å². The minimum Gasteiger partial charge on any atom is -0.481 e. The molecule has 0 saturated heterocycles. The van der Waals surface area contributed by atoms with Crippen LogP contribution in [0, 0.1) is 0 Å². The lowest BCUT2D eigenvalue weighted by atomic mass is 10.2. The number of aryl methyl sites for hydroxylation is 1. The largest absolute Gasteiger partial charge is 0.481 e. The predicted octanol–water partition coefficient (Wildman–Crippen LogP) is 0.774. The lowest BCUT2D eigenvalue weighted by Crippen LogP contribution is -2.07. The highest BCUT2D eigenvalue weighted by Gasteiger charge is 2.18. The van der Waals surface area contributed by atoms with Crippen molar-refractivity contribution in [1.29, 1.82) is 0 Å². The third kappa shape index (κ3) is 2.73. The summed E-state index contributed by atoms with van der Waals surface area (Å²) in [6.07, 6.45) is 4.56. The smallest absolute Gasteiger partial charge is 0.303 e. The monoisotopic (exact) mass is 250 g/mol. The van der Waals surface area contributed by atoms with Crippen LogP contribution in [-0.2, 0) is 11.3 Å². The van der Waals surface area contributed by atoms with Crippen LogP contribution in [0.15, 0.2) is 11.3 Å². The van der Waals surface area contributed by atoms with E-state index in [-0.39, 0.29) is 18.7 Å². The molecule has 0 bridgehead atoms. The fraction of sp³-hybridized carbons (Fsp3) is 0.455. The van der Waals surface area contributed by atoms with Crippen LogP contribution in [0.2, 0.25) is 0 Å². The van der Waals surface area contributed by atoms with Crippen LogP contribution in [0.1, 0.15) is 29.8 Å². The van der Waals surface area contributed by atoms with Crippen LogP contribution < -0.4 is 5.32 Å². The Morgan fingerprint density at radius 3 is 3.11 bits per heavy atom. The molecule has 0 fully saturated rings. The zero-order valence-electron chi connectivity index (χ0n) is 9.80. The van der Waals surface area contributed by atoms with Crippen molar-refractivity contribution < 1.29 is 14.7 Å². The molecule has 1 aromatic rings. The van der Waals surface area contributed by atoms with E-state index in [2.05, 4.69) is 15.3 Å². The summed E-state index contributed by atoms with van der Waals surface area (Å²) in [5.41, 5.74) is 0.394. The number of carboxylic acids is 1. The number of nitrogens with zero attached hydrogens (tertiary/aromatic N) is 3. The Morgan fingerprint density at radius 1 is 1.50 bits per heavy atom. The molecular formula is C11H14N4O3. The summed E-state index contributed by atoms with van der Waals surface area (Å²) < 4.78 is 1.81. The van der Waals surface area contributed by atoms with E-state index >= 15 is 0 Å². The second-order valence-corrected chi connectivity index (χ2v) is 4.02. The molecule has 7 nitrogen and oxygen atoms in total. The first-order valence-electron chi connectivity index (χ1n) is 5.73. The summed E-state index contributed by atoms with van der Waals surface area (Å²) >= 11 is 0. The summed E-state index contributed by atoms with van der Waals surface area (Å²) in [5.74, 6) is -0.271. The fourth-order valence-corrected chi connectivity index (χ4v) is 1.78. The number of ketones is 1. The number of nitrogens with one attached hydrogen (secondary N) is 1. The quantitative estimate of drug-likeness (QED) is 0.752. The molecular weight excluding hydrogens is 236 g/mol. The molecule has 0 saturated carbocycles. The second-order valence-electron chi connectivity index (χ2n) is 4.02. The maximum atomic E-state index is 11.6. The summed E-state index contributed by atoms with van der Waals surface area (Å²) in [5, 5.41) is 11.5. The van der Waals surface area contributed by atoms with E-state index in [4.69, 9.17) is 5.11 Å². The number of carboxylic acid groups (broad SMARTS) is 1. The highest BCUT2D eigenvalue weighted by Crippen LogP contribution is 2.17. The first kappa shape index (κ1) is 12.3. The molecule has 0 aromatic carbocycles. The van der Waals surface area contributed by atoms with Crippen molar-refractivity contribution in [2.24, 2.45) is 4.99 Å². The number of Topliss-reactive ketones (excluding diaryl/α,β-unsaturated/α-hetero) is 1. The molecule has 0 amide bonds. The third-order valence-corrected chi connectivity index (χ3v) is 2.67. The summed E-state index contributed by atoms with van der Waals surface area (Å²) in [4.78, 5) is 30.0. The molecule has 7 heteroatoms. The van der Waals surface area contributed by atoms with Crippen LogP contribution in [0.4, 0.5) is 5.82 Å². The number of hydrogen-bond acceptors (Lipinski definition) is 5. The SMILES string of the molecule is O=C(O)CCCCn1cnc2c1NC=NCC2=O. The maximum Gasteiger partial charge on any atom is 0.303 e. The predicted molar refractivity (Wildman–Crippen MR) is 65.0 cm³/mol. The van der Waals surface area contributed by atoms with Gasteiger partial charge in [-0.25, -0.2) is 4.98 Å². The molecule has 0 radical (unpaired) electrons. The van der Waals surface area contributed by atoms with E-state index in [1.807, 2.05) is 4.57 Å². The van der Waals surface area contributed by atoms with Gasteiger partial charge in [0.1, 0.15) is 12.4 Å². The Labute approximate surface area is 104 Å². The molecule has 18 heavy (non-hydrogen) atoms. The average Bonchev–Trinajstić information content (AvgIpc) is 2.64. The molecule has 1 aromatic heterocycles. The average molecular weight is 250 g/mol. The van der Waals surface area contributed by atoms with Gasteiger partial charge in [0, 0.05) is 13.0 Å². The van der Waals surface area contributed by atoms with E-state index in [1.54, 1.807) is 6.33 Å². The number of fused-ring (bicyclic) bond motifs is 1. The molecule has 96 valence electrons. The number of aliphatic carboxylic acids is 1. The van der Waals surface area contributed by atoms with Crippen LogP contribution in [0.3, 0.4) is 0 Å². The number of unbranched alkanes of at least 4 members (excludes halogenated alkanes) is 1. The number of imidazole rings is 1. The van der Waals surface area contributed by atoms with Crippen LogP contribution in [0.25, 0.3) is 0 Å². The number of hydrogen-bond donors (Lipinski definition) is 2. The van der Waals surface area contributed by atoms with Crippen molar-refractivity contribution in [3.05, 3.63) is 12.0 Å². The molecule has 0 aliphatic carbocycles. The number of carbonyl (C=O) groups excluding carboxylic acids is 1. The van der Waals surface area contributed by atoms with Gasteiger partial charge >= 0.3 is 5.97 Å². The maximum absolute atomic E-state index is 11.6. The Balaban J connectivity index is 2.00. The Morgan fingerprint density at radius 2 is 2.33 bits per heavy atom. The van der Waals surface area contributed by atoms with Crippen LogP contribution in [0.5, 0.6) is 0 Å². The summed E-state index contributed by atoms with van der Waals surface area (Å²) in [6.45, 7) is 0.736. The normalized spacial score (nSPS) is 13.9. The van der Waals surface area contributed by atoms with E-state index in [9.17, 15) is 9.59 Å². The van der Waals surface area contributed by atoms with Gasteiger partial charge in [-0.05, 0) is 12.8 Å². The zero-order chi connectivity index (χ0) is 13.0. The second kappa shape index (κ2) is 5.44. The molecule has 2 heterocycles. The first-order chi connectivity index (χ1) is 8.68. The van der Waals surface area contributed by atoms with E-state index in [1.165, 1.54) is 6.34 Å². The topological polar surface area (TPSA) is 96.6 Å². The molecule has 2 N–H and O–H groups in total. The van der Waals surface area contributed by atoms with E-state index in [0.29, 0.717) is 24.5 Å². The van der Waals surface area contributed by atoms with Gasteiger partial charge in [-0.3, -0.25) is 14.6 Å². The van der Waals surface area contributed by atoms with Crippen molar-refractivity contribution >= 4 is 23.9 Å². The Kier molecular flexibility index (Phi) is 3.71. The number of anilines is 1. The van der Waals surface area contributed by atoms with E-state index < -0.39 is 5.97 Å². The summed E-state index contributed by atoms with van der Waals surface area (Å²) in [6, 6.07) is 0. The minimum atomic E-state index is -0.792. The van der Waals surface area contributed by atoms with Gasteiger partial charge in [-0.15, -0.1) is 0 Å². The molecule has 1 aliphatic rings. The van der Waals surface area contributed by atoms with Crippen molar-refractivity contribution in [2.75, 3.05) is 11.9 Å². The first-order valence-corrected chi connectivity index (χ1v) is 5.73. The number of carbonyl (C=O) groups is 2. The molecule has 0 unspecified atom stereocenters. The zero-order valence-corrected chi connectivity index (χ0v) is 9.80. The van der Waals surface area contributed by atoms with Gasteiger partial charge in [0.05, 0.1) is 12.7 Å². The highest BCUT2D eigenvalue weighted by atomic mass is 16.4. The number of aliphatic imine (C=N–C) groups is 1. The minimum absolute atomic E-state index is 0.107. The summed E-state index contributed by atoms with van der Waals surface area (Å²) in [7, 11) is 0. The standard InChI is InChI=1S/C11H14N4O3/c16-8-5-12-6-13-11-10(8)14-7-15(11)4-2-1-3-9(17)18/h6-7H,1-5H2,(H,12,13)(H,17,18). The van der Waals surface area contributed by atoms with Gasteiger partial charge in [0.2, 0.25) is 5.78 Å². The van der Waals surface area contributed by atoms with Gasteiger partial charge in [-0.2, -0.15) is 0 Å². The highest BCUT2D eigenvalue weighted by molar-refractivity contribution is 6.03. The molecule has 0 atom stereocenters. The Bertz CT molecular complexity index is 492. The number of rotatable bonds is 5. The van der Waals surface area contributed by atoms with Gasteiger partial charge in [0.15, 0.2) is 5.69 Å². The fourth-order valence-electron chi connectivity index (χ4n) is 1.78. The Hall–Kier alpha value is -2.18. The van der Waals surface area contributed by atoms with Crippen molar-refractivity contribution in [3.8, 4) is 0 Å². The van der Waals surface area contributed by atoms with Gasteiger partial charge in [0.25, 0.3) is 0 Å². The lowest BCUT2D eigenvalue weighted by Gasteiger charge is -2.07. The third-order valence-electron chi connectivity index (χ3n) is 2.67. The molecule has 2 rings (SSSR count). The van der Waals surface area contributed by atoms with Crippen LogP contribution >= 0.6 is 0 Å². The van der Waals surface area contributed by atoms with Crippen molar-refractivity contribution in [1.82, 2.24) is 9.55 Å². The molecule has 1 aliphatic heterocycles. The van der Waals surface area contributed by atoms with Gasteiger partial charge < -0.3 is 15.0 Å². The van der Waals surface area contributed by atoms with E-state index in [0.717, 1.165) is 6.42 Å².